The standard InChI is InChI=1S/C36H48N4O5/c1-2-3-21-45-30-14-12-29(13-15-30)37-33(41)26-40-20-16-31-28(25-40)11-7-8-17-36(18-22-44-23-19-36)35(43)39-32(34(42)38-31)24-27-9-5-4-6-10-27/h4-10,12-15,28,31-32H,2-3,11,16-26H2,1H3,(H,37,41)(H,38,42)(H,39,43)/t28-,31+,32-/m1/s1. The largest absolute Gasteiger partial charge is 0.494 e. The van der Waals surface area contributed by atoms with E-state index in [-0.39, 0.29) is 36.2 Å². The van der Waals surface area contributed by atoms with Crippen LogP contribution in [0.15, 0.2) is 66.7 Å². The first-order chi connectivity index (χ1) is 21.9. The second kappa shape index (κ2) is 16.0. The number of fused-ring (bicyclic) bond motifs is 1. The number of allylic oxidation sites excluding steroid dienone is 2. The van der Waals surface area contributed by atoms with Crippen molar-refractivity contribution in [2.75, 3.05) is 44.8 Å². The van der Waals surface area contributed by atoms with Crippen molar-refractivity contribution in [2.45, 2.75) is 70.4 Å². The van der Waals surface area contributed by atoms with Crippen LogP contribution >= 0.6 is 0 Å². The van der Waals surface area contributed by atoms with Crippen molar-refractivity contribution in [1.29, 1.82) is 0 Å². The van der Waals surface area contributed by atoms with Crippen molar-refractivity contribution in [2.24, 2.45) is 11.3 Å². The molecule has 0 bridgehead atoms. The summed E-state index contributed by atoms with van der Waals surface area (Å²) in [5.74, 6) is 0.664. The number of anilines is 1. The monoisotopic (exact) mass is 616 g/mol. The summed E-state index contributed by atoms with van der Waals surface area (Å²) in [7, 11) is 0. The Balaban J connectivity index is 1.25. The molecule has 3 heterocycles. The van der Waals surface area contributed by atoms with Gasteiger partial charge in [-0.2, -0.15) is 0 Å². The number of carbonyl (C=O) groups excluding carboxylic acids is 3. The molecule has 3 amide bonds. The highest BCUT2D eigenvalue weighted by Crippen LogP contribution is 2.36. The highest BCUT2D eigenvalue weighted by Gasteiger charge is 2.41. The summed E-state index contributed by atoms with van der Waals surface area (Å²) in [5.41, 5.74) is 1.16. The number of nitrogens with zero attached hydrogens (tertiary/aromatic N) is 1. The molecule has 0 aromatic heterocycles. The Kier molecular flexibility index (Phi) is 11.7. The highest BCUT2D eigenvalue weighted by molar-refractivity contribution is 5.92. The number of rotatable bonds is 9. The molecule has 3 aliphatic rings. The number of carbonyl (C=O) groups is 3. The first-order valence-electron chi connectivity index (χ1n) is 16.6. The van der Waals surface area contributed by atoms with E-state index in [9.17, 15) is 14.4 Å². The van der Waals surface area contributed by atoms with Gasteiger partial charge in [0.2, 0.25) is 17.7 Å². The van der Waals surface area contributed by atoms with E-state index in [0.29, 0.717) is 58.6 Å². The molecule has 242 valence electrons. The molecule has 9 nitrogen and oxygen atoms in total. The van der Waals surface area contributed by atoms with Crippen LogP contribution in [0.25, 0.3) is 0 Å². The molecule has 0 saturated carbocycles. The van der Waals surface area contributed by atoms with Crippen LogP contribution in [-0.4, -0.2) is 74.2 Å². The third-order valence-corrected chi connectivity index (χ3v) is 9.37. The maximum absolute atomic E-state index is 13.8. The van der Waals surface area contributed by atoms with Gasteiger partial charge in [-0.25, -0.2) is 0 Å². The Labute approximate surface area is 267 Å². The lowest BCUT2D eigenvalue weighted by atomic mass is 9.75. The normalized spacial score (nSPS) is 24.0. The summed E-state index contributed by atoms with van der Waals surface area (Å²) >= 11 is 0. The SMILES string of the molecule is CCCCOc1ccc(NC(=O)CN2CC[C@@H]3NC(=O)[C@@H](Cc4ccccc4)NC(=O)C4(CC=CC[C@@H]3C2)CCOCC4)cc1. The van der Waals surface area contributed by atoms with Gasteiger partial charge in [-0.1, -0.05) is 55.8 Å². The van der Waals surface area contributed by atoms with Crippen molar-refractivity contribution >= 4 is 23.4 Å². The zero-order chi connectivity index (χ0) is 31.5. The lowest BCUT2D eigenvalue weighted by Crippen LogP contribution is -2.58. The zero-order valence-corrected chi connectivity index (χ0v) is 26.5. The Morgan fingerprint density at radius 3 is 2.58 bits per heavy atom. The average molecular weight is 617 g/mol. The van der Waals surface area contributed by atoms with Crippen molar-refractivity contribution < 1.29 is 23.9 Å². The summed E-state index contributed by atoms with van der Waals surface area (Å²) in [4.78, 5) is 42.7. The predicted octanol–water partition coefficient (Wildman–Crippen LogP) is 4.49. The van der Waals surface area contributed by atoms with Crippen molar-refractivity contribution in [3.05, 3.63) is 72.3 Å². The van der Waals surface area contributed by atoms with Gasteiger partial charge in [0.1, 0.15) is 11.8 Å². The lowest BCUT2D eigenvalue weighted by molar-refractivity contribution is -0.140. The summed E-state index contributed by atoms with van der Waals surface area (Å²) in [6.07, 6.45) is 10.2. The zero-order valence-electron chi connectivity index (χ0n) is 26.5. The van der Waals surface area contributed by atoms with Crippen molar-refractivity contribution in [3.63, 3.8) is 0 Å². The Bertz CT molecular complexity index is 1290. The first-order valence-corrected chi connectivity index (χ1v) is 16.6. The van der Waals surface area contributed by atoms with Crippen molar-refractivity contribution in [1.82, 2.24) is 15.5 Å². The van der Waals surface area contributed by atoms with Crippen LogP contribution < -0.4 is 20.7 Å². The lowest BCUT2D eigenvalue weighted by Gasteiger charge is -2.40. The molecule has 3 atom stereocenters. The third-order valence-electron chi connectivity index (χ3n) is 9.37. The number of unbranched alkanes of at least 4 members (excludes halogenated alkanes) is 1. The topological polar surface area (TPSA) is 109 Å². The van der Waals surface area contributed by atoms with E-state index in [4.69, 9.17) is 9.47 Å². The highest BCUT2D eigenvalue weighted by atomic mass is 16.5. The molecular weight excluding hydrogens is 568 g/mol. The van der Waals surface area contributed by atoms with Gasteiger partial charge in [-0.05, 0) is 74.3 Å². The third kappa shape index (κ3) is 9.17. The molecule has 2 aromatic carbocycles. The molecule has 9 heteroatoms. The van der Waals surface area contributed by atoms with Gasteiger partial charge in [0.05, 0.1) is 18.6 Å². The number of piperidine rings is 1. The molecule has 5 rings (SSSR count). The van der Waals surface area contributed by atoms with Gasteiger partial charge in [-0.15, -0.1) is 0 Å². The molecular formula is C36H48N4O5. The molecule has 3 aliphatic heterocycles. The Hall–Kier alpha value is -3.69. The van der Waals surface area contributed by atoms with Crippen LogP contribution in [0.5, 0.6) is 5.75 Å². The number of nitrogens with one attached hydrogen (secondary N) is 3. The van der Waals surface area contributed by atoms with E-state index >= 15 is 0 Å². The van der Waals surface area contributed by atoms with Crippen LogP contribution in [0.3, 0.4) is 0 Å². The molecule has 45 heavy (non-hydrogen) atoms. The fraction of sp³-hybridized carbons (Fsp3) is 0.528. The van der Waals surface area contributed by atoms with E-state index in [1.54, 1.807) is 0 Å². The molecule has 2 aromatic rings. The van der Waals surface area contributed by atoms with Crippen LogP contribution in [0.4, 0.5) is 5.69 Å². The minimum atomic E-state index is -0.670. The summed E-state index contributed by atoms with van der Waals surface area (Å²) in [6, 6.07) is 16.6. The quantitative estimate of drug-likeness (QED) is 0.283. The molecule has 3 N–H and O–H groups in total. The Morgan fingerprint density at radius 2 is 1.82 bits per heavy atom. The van der Waals surface area contributed by atoms with Crippen LogP contribution in [0.1, 0.15) is 57.4 Å². The molecule has 0 radical (unpaired) electrons. The average Bonchev–Trinajstić information content (AvgIpc) is 3.05. The minimum absolute atomic E-state index is 0.0478. The number of hydrogen-bond acceptors (Lipinski definition) is 6. The van der Waals surface area contributed by atoms with Gasteiger partial charge in [0, 0.05) is 44.5 Å². The van der Waals surface area contributed by atoms with Gasteiger partial charge in [0.25, 0.3) is 0 Å². The fourth-order valence-electron chi connectivity index (χ4n) is 6.57. The van der Waals surface area contributed by atoms with E-state index < -0.39 is 11.5 Å². The van der Waals surface area contributed by atoms with Gasteiger partial charge >= 0.3 is 0 Å². The summed E-state index contributed by atoms with van der Waals surface area (Å²) in [5, 5.41) is 9.47. The maximum Gasteiger partial charge on any atom is 0.243 e. The fourth-order valence-corrected chi connectivity index (χ4v) is 6.57. The summed E-state index contributed by atoms with van der Waals surface area (Å²) < 4.78 is 11.3. The number of likely N-dealkylation sites (tertiary alicyclic amines) is 1. The van der Waals surface area contributed by atoms with E-state index in [0.717, 1.165) is 42.7 Å². The predicted molar refractivity (Wildman–Crippen MR) is 175 cm³/mol. The van der Waals surface area contributed by atoms with Crippen molar-refractivity contribution in [3.8, 4) is 5.75 Å². The number of ether oxygens (including phenoxy) is 2. The number of benzene rings is 2. The number of amides is 3. The molecule has 2 fully saturated rings. The second-order valence-electron chi connectivity index (χ2n) is 12.7. The molecule has 1 spiro atoms. The van der Waals surface area contributed by atoms with Crippen LogP contribution in [-0.2, 0) is 25.5 Å². The van der Waals surface area contributed by atoms with E-state index in [2.05, 4.69) is 39.9 Å². The van der Waals surface area contributed by atoms with Gasteiger partial charge in [0.15, 0.2) is 0 Å². The smallest absolute Gasteiger partial charge is 0.243 e. The van der Waals surface area contributed by atoms with E-state index in [1.807, 2.05) is 54.6 Å². The number of hydrogen-bond donors (Lipinski definition) is 3. The minimum Gasteiger partial charge on any atom is -0.494 e. The van der Waals surface area contributed by atoms with E-state index in [1.165, 1.54) is 0 Å². The Morgan fingerprint density at radius 1 is 1.04 bits per heavy atom. The maximum atomic E-state index is 13.8. The first kappa shape index (κ1) is 32.7. The molecule has 0 aliphatic carbocycles. The van der Waals surface area contributed by atoms with Gasteiger partial charge in [-0.3, -0.25) is 19.3 Å². The molecule has 0 unspecified atom stereocenters. The van der Waals surface area contributed by atoms with Gasteiger partial charge < -0.3 is 25.4 Å². The summed E-state index contributed by atoms with van der Waals surface area (Å²) in [6.45, 7) is 5.57. The van der Waals surface area contributed by atoms with Crippen LogP contribution in [0, 0.1) is 11.3 Å². The second-order valence-corrected chi connectivity index (χ2v) is 12.7. The molecule has 2 saturated heterocycles. The van der Waals surface area contributed by atoms with Crippen LogP contribution in [0.2, 0.25) is 0 Å².